The van der Waals surface area contributed by atoms with Crippen molar-refractivity contribution in [1.82, 2.24) is 15.2 Å². The molecule has 0 radical (unpaired) electrons. The van der Waals surface area contributed by atoms with Gasteiger partial charge in [0, 0.05) is 48.4 Å². The Morgan fingerprint density at radius 3 is 2.62 bits per heavy atom. The second-order valence-electron chi connectivity index (χ2n) is 8.82. The number of likely N-dealkylation sites (tertiary alicyclic amines) is 1. The highest BCUT2D eigenvalue weighted by molar-refractivity contribution is 5.90. The second kappa shape index (κ2) is 9.47. The van der Waals surface area contributed by atoms with Gasteiger partial charge in [-0.25, -0.2) is 0 Å². The number of hydrogen-bond donors (Lipinski definition) is 2. The molecule has 6 nitrogen and oxygen atoms in total. The molecule has 0 spiro atoms. The third kappa shape index (κ3) is 4.64. The van der Waals surface area contributed by atoms with E-state index in [0.29, 0.717) is 25.4 Å². The van der Waals surface area contributed by atoms with Crippen molar-refractivity contribution in [3.05, 3.63) is 65.9 Å². The minimum absolute atomic E-state index is 0.0136. The molecule has 32 heavy (non-hydrogen) atoms. The van der Waals surface area contributed by atoms with Crippen LogP contribution in [0.15, 0.2) is 54.7 Å². The number of amides is 2. The van der Waals surface area contributed by atoms with Crippen LogP contribution in [-0.2, 0) is 16.0 Å². The van der Waals surface area contributed by atoms with Gasteiger partial charge >= 0.3 is 0 Å². The predicted molar refractivity (Wildman–Crippen MR) is 126 cm³/mol. The van der Waals surface area contributed by atoms with Gasteiger partial charge in [-0.2, -0.15) is 0 Å². The van der Waals surface area contributed by atoms with Crippen LogP contribution < -0.4 is 10.1 Å². The zero-order chi connectivity index (χ0) is 22.7. The highest BCUT2D eigenvalue weighted by Gasteiger charge is 2.33. The van der Waals surface area contributed by atoms with Gasteiger partial charge in [-0.15, -0.1) is 0 Å². The number of nitrogens with one attached hydrogen (secondary N) is 2. The van der Waals surface area contributed by atoms with E-state index in [0.717, 1.165) is 28.6 Å². The van der Waals surface area contributed by atoms with E-state index in [-0.39, 0.29) is 17.7 Å². The molecule has 168 valence electrons. The fourth-order valence-corrected chi connectivity index (χ4v) is 4.39. The number of carbonyl (C=O) groups excluding carboxylic acids is 2. The first-order valence-corrected chi connectivity index (χ1v) is 11.2. The van der Waals surface area contributed by atoms with E-state index in [1.165, 1.54) is 5.56 Å². The lowest BCUT2D eigenvalue weighted by Crippen LogP contribution is -2.50. The van der Waals surface area contributed by atoms with Crippen molar-refractivity contribution in [2.45, 2.75) is 38.6 Å². The van der Waals surface area contributed by atoms with Crippen LogP contribution in [0.1, 0.15) is 37.3 Å². The molecule has 1 aromatic heterocycles. The Bertz CT molecular complexity index is 1090. The molecule has 2 heterocycles. The summed E-state index contributed by atoms with van der Waals surface area (Å²) in [5.74, 6) is 0.822. The molecule has 0 saturated carbocycles. The van der Waals surface area contributed by atoms with Gasteiger partial charge in [-0.1, -0.05) is 44.2 Å². The number of benzene rings is 2. The van der Waals surface area contributed by atoms with Crippen molar-refractivity contribution in [3.8, 4) is 5.75 Å². The van der Waals surface area contributed by atoms with Gasteiger partial charge in [-0.05, 0) is 35.7 Å². The number of para-hydroxylation sites is 1. The molecule has 2 N–H and O–H groups in total. The molecule has 1 aliphatic heterocycles. The molecule has 3 aromatic rings. The maximum Gasteiger partial charge on any atom is 0.245 e. The molecule has 0 bridgehead atoms. The number of rotatable bonds is 7. The summed E-state index contributed by atoms with van der Waals surface area (Å²) in [6.45, 7) is 5.04. The maximum atomic E-state index is 13.5. The Labute approximate surface area is 188 Å². The van der Waals surface area contributed by atoms with Crippen molar-refractivity contribution >= 4 is 22.7 Å². The fraction of sp³-hybridized carbons (Fsp3) is 0.385. The zero-order valence-electron chi connectivity index (χ0n) is 18.9. The number of fused-ring (bicyclic) bond motifs is 1. The first-order chi connectivity index (χ1) is 15.5. The fourth-order valence-electron chi connectivity index (χ4n) is 4.39. The molecular formula is C26H31N3O3. The highest BCUT2D eigenvalue weighted by Crippen LogP contribution is 2.29. The van der Waals surface area contributed by atoms with E-state index >= 15 is 0 Å². The van der Waals surface area contributed by atoms with E-state index < -0.39 is 6.04 Å². The molecule has 4 rings (SSSR count). The first kappa shape index (κ1) is 21.9. The van der Waals surface area contributed by atoms with Crippen molar-refractivity contribution in [1.29, 1.82) is 0 Å². The van der Waals surface area contributed by atoms with E-state index in [1.807, 2.05) is 61.3 Å². The van der Waals surface area contributed by atoms with Gasteiger partial charge in [0.05, 0.1) is 7.11 Å². The maximum absolute atomic E-state index is 13.5. The van der Waals surface area contributed by atoms with Crippen molar-refractivity contribution in [3.63, 3.8) is 0 Å². The summed E-state index contributed by atoms with van der Waals surface area (Å²) in [5.41, 5.74) is 3.28. The summed E-state index contributed by atoms with van der Waals surface area (Å²) in [6, 6.07) is 15.5. The summed E-state index contributed by atoms with van der Waals surface area (Å²) >= 11 is 0. The first-order valence-electron chi connectivity index (χ1n) is 11.2. The summed E-state index contributed by atoms with van der Waals surface area (Å²) in [7, 11) is 1.66. The molecule has 0 aliphatic carbocycles. The molecule has 1 aliphatic rings. The highest BCUT2D eigenvalue weighted by atomic mass is 16.5. The zero-order valence-corrected chi connectivity index (χ0v) is 18.9. The van der Waals surface area contributed by atoms with E-state index in [1.54, 1.807) is 7.11 Å². The number of nitrogens with zero attached hydrogens (tertiary/aromatic N) is 1. The van der Waals surface area contributed by atoms with Crippen molar-refractivity contribution in [2.75, 3.05) is 20.2 Å². The van der Waals surface area contributed by atoms with Gasteiger partial charge in [0.15, 0.2) is 0 Å². The average Bonchev–Trinajstić information content (AvgIpc) is 3.46. The number of carbonyl (C=O) groups is 2. The lowest BCUT2D eigenvalue weighted by molar-refractivity contribution is -0.136. The standard InChI is InChI=1S/C26H31N3O3/c1-17(2)25(30)28-24(14-20-15-27-23-7-5-4-6-22(20)23)26(31)29-13-12-19(16-29)18-8-10-21(32-3)11-9-18/h4-11,15,17,19,24,27H,12-14,16H2,1-3H3,(H,28,30). The van der Waals surface area contributed by atoms with E-state index in [4.69, 9.17) is 4.74 Å². The Morgan fingerprint density at radius 1 is 1.16 bits per heavy atom. The molecule has 2 unspecified atom stereocenters. The Hall–Kier alpha value is -3.28. The number of ether oxygens (including phenoxy) is 1. The number of aromatic amines is 1. The number of methoxy groups -OCH3 is 1. The van der Waals surface area contributed by atoms with Crippen LogP contribution >= 0.6 is 0 Å². The van der Waals surface area contributed by atoms with Gasteiger partial charge in [-0.3, -0.25) is 9.59 Å². The van der Waals surface area contributed by atoms with Crippen LogP contribution in [0.25, 0.3) is 10.9 Å². The molecule has 1 fully saturated rings. The minimum atomic E-state index is -0.585. The number of hydrogen-bond acceptors (Lipinski definition) is 3. The smallest absolute Gasteiger partial charge is 0.245 e. The molecule has 6 heteroatoms. The third-order valence-corrected chi connectivity index (χ3v) is 6.33. The van der Waals surface area contributed by atoms with E-state index in [2.05, 4.69) is 22.4 Å². The lowest BCUT2D eigenvalue weighted by atomic mass is 9.98. The van der Waals surface area contributed by atoms with Crippen LogP contribution in [0.3, 0.4) is 0 Å². The predicted octanol–water partition coefficient (Wildman–Crippen LogP) is 3.88. The van der Waals surface area contributed by atoms with Crippen LogP contribution in [0.5, 0.6) is 5.75 Å². The summed E-state index contributed by atoms with van der Waals surface area (Å²) in [6.07, 6.45) is 3.32. The number of aromatic nitrogens is 1. The molecule has 2 aromatic carbocycles. The van der Waals surface area contributed by atoms with Crippen LogP contribution in [0.2, 0.25) is 0 Å². The molecule has 1 saturated heterocycles. The lowest BCUT2D eigenvalue weighted by Gasteiger charge is -2.25. The third-order valence-electron chi connectivity index (χ3n) is 6.33. The minimum Gasteiger partial charge on any atom is -0.497 e. The van der Waals surface area contributed by atoms with Crippen LogP contribution in [0.4, 0.5) is 0 Å². The summed E-state index contributed by atoms with van der Waals surface area (Å²) < 4.78 is 5.25. The number of H-pyrrole nitrogens is 1. The normalized spacial score (nSPS) is 17.0. The SMILES string of the molecule is COc1ccc(C2CCN(C(=O)C(Cc3c[nH]c4ccccc34)NC(=O)C(C)C)C2)cc1. The molecular weight excluding hydrogens is 402 g/mol. The molecule has 2 atom stereocenters. The van der Waals surface area contributed by atoms with Gasteiger partial charge in [0.1, 0.15) is 11.8 Å². The summed E-state index contributed by atoms with van der Waals surface area (Å²) in [5, 5.41) is 4.09. The Morgan fingerprint density at radius 2 is 1.91 bits per heavy atom. The molecule has 2 amide bonds. The van der Waals surface area contributed by atoms with Crippen LogP contribution in [-0.4, -0.2) is 47.9 Å². The Kier molecular flexibility index (Phi) is 6.49. The monoisotopic (exact) mass is 433 g/mol. The van der Waals surface area contributed by atoms with Gasteiger partial charge in [0.25, 0.3) is 0 Å². The van der Waals surface area contributed by atoms with Crippen molar-refractivity contribution < 1.29 is 14.3 Å². The van der Waals surface area contributed by atoms with Crippen molar-refractivity contribution in [2.24, 2.45) is 5.92 Å². The largest absolute Gasteiger partial charge is 0.497 e. The van der Waals surface area contributed by atoms with Gasteiger partial charge < -0.3 is 19.9 Å². The Balaban J connectivity index is 1.51. The van der Waals surface area contributed by atoms with Gasteiger partial charge in [0.2, 0.25) is 11.8 Å². The van der Waals surface area contributed by atoms with E-state index in [9.17, 15) is 9.59 Å². The van der Waals surface area contributed by atoms with Crippen LogP contribution in [0, 0.1) is 5.92 Å². The second-order valence-corrected chi connectivity index (χ2v) is 8.82. The average molecular weight is 434 g/mol. The quantitative estimate of drug-likeness (QED) is 0.594. The topological polar surface area (TPSA) is 74.4 Å². The summed E-state index contributed by atoms with van der Waals surface area (Å²) in [4.78, 5) is 31.2.